The van der Waals surface area contributed by atoms with E-state index in [1.165, 1.54) is 22.4 Å². The minimum absolute atomic E-state index is 1.08. The summed E-state index contributed by atoms with van der Waals surface area (Å²) in [5, 5.41) is 0. The summed E-state index contributed by atoms with van der Waals surface area (Å²) >= 11 is 0. The third-order valence-corrected chi connectivity index (χ3v) is 4.42. The van der Waals surface area contributed by atoms with Gasteiger partial charge in [-0.25, -0.2) is 0 Å². The van der Waals surface area contributed by atoms with Gasteiger partial charge in [0.15, 0.2) is 0 Å². The van der Waals surface area contributed by atoms with Crippen LogP contribution >= 0.6 is 0 Å². The molecule has 3 nitrogen and oxygen atoms in total. The molecule has 3 rings (SSSR count). The second kappa shape index (κ2) is 6.35. The van der Waals surface area contributed by atoms with Gasteiger partial charge in [0.05, 0.1) is 12.5 Å². The highest BCUT2D eigenvalue weighted by Gasteiger charge is 2.19. The first-order chi connectivity index (χ1) is 10.2. The van der Waals surface area contributed by atoms with Crippen molar-refractivity contribution in [2.75, 3.05) is 37.6 Å². The summed E-state index contributed by atoms with van der Waals surface area (Å²) in [6, 6.07) is 8.64. The van der Waals surface area contributed by atoms with Crippen molar-refractivity contribution in [1.29, 1.82) is 0 Å². The molecule has 0 radical (unpaired) electrons. The van der Waals surface area contributed by atoms with Crippen LogP contribution in [0.15, 0.2) is 41.2 Å². The van der Waals surface area contributed by atoms with Gasteiger partial charge in [0.1, 0.15) is 0 Å². The fraction of sp³-hybridized carbons (Fsp3) is 0.444. The fourth-order valence-corrected chi connectivity index (χ4v) is 3.22. The van der Waals surface area contributed by atoms with Crippen molar-refractivity contribution in [1.82, 2.24) is 4.90 Å². The molecule has 1 fully saturated rings. The molecule has 21 heavy (non-hydrogen) atoms. The molecule has 1 aliphatic rings. The highest BCUT2D eigenvalue weighted by atomic mass is 16.3. The Morgan fingerprint density at radius 2 is 1.71 bits per heavy atom. The van der Waals surface area contributed by atoms with Gasteiger partial charge in [-0.1, -0.05) is 18.2 Å². The van der Waals surface area contributed by atoms with Crippen LogP contribution in [-0.4, -0.2) is 37.6 Å². The third-order valence-electron chi connectivity index (χ3n) is 4.42. The van der Waals surface area contributed by atoms with Crippen LogP contribution in [0.4, 0.5) is 5.69 Å². The first-order valence-corrected chi connectivity index (χ1v) is 7.78. The molecular weight excluding hydrogens is 260 g/mol. The van der Waals surface area contributed by atoms with E-state index in [0.29, 0.717) is 0 Å². The monoisotopic (exact) mass is 284 g/mol. The lowest BCUT2D eigenvalue weighted by molar-refractivity contribution is 0.260. The standard InChI is InChI=1S/C18H24N2O/c1-15-4-3-5-16(2)18(15)20-11-9-19(10-12-20)8-6-17-7-13-21-14-17/h3-5,7,13-14H,6,8-12H2,1-2H3. The van der Waals surface area contributed by atoms with Gasteiger partial charge < -0.3 is 9.32 Å². The van der Waals surface area contributed by atoms with Gasteiger partial charge in [-0.2, -0.15) is 0 Å². The number of anilines is 1. The lowest BCUT2D eigenvalue weighted by Gasteiger charge is -2.37. The number of furan rings is 1. The van der Waals surface area contributed by atoms with Crippen LogP contribution in [0.5, 0.6) is 0 Å². The number of rotatable bonds is 4. The number of hydrogen-bond acceptors (Lipinski definition) is 3. The zero-order valence-electron chi connectivity index (χ0n) is 13.0. The van der Waals surface area contributed by atoms with Crippen molar-refractivity contribution in [3.05, 3.63) is 53.5 Å². The SMILES string of the molecule is Cc1cccc(C)c1N1CCN(CCc2ccoc2)CC1. The number of benzene rings is 1. The molecule has 2 aromatic rings. The summed E-state index contributed by atoms with van der Waals surface area (Å²) in [5.41, 5.74) is 5.52. The van der Waals surface area contributed by atoms with Crippen LogP contribution in [0, 0.1) is 13.8 Å². The molecule has 0 amide bonds. The van der Waals surface area contributed by atoms with Gasteiger partial charge in [-0.3, -0.25) is 4.90 Å². The lowest BCUT2D eigenvalue weighted by Crippen LogP contribution is -2.47. The van der Waals surface area contributed by atoms with Crippen molar-refractivity contribution in [3.63, 3.8) is 0 Å². The van der Waals surface area contributed by atoms with Gasteiger partial charge >= 0.3 is 0 Å². The predicted octanol–water partition coefficient (Wildman–Crippen LogP) is 3.26. The number of piperazine rings is 1. The molecule has 1 saturated heterocycles. The minimum atomic E-state index is 1.08. The maximum Gasteiger partial charge on any atom is 0.0934 e. The normalized spacial score (nSPS) is 16.4. The Labute approximate surface area is 127 Å². The summed E-state index contributed by atoms with van der Waals surface area (Å²) in [7, 11) is 0. The maximum absolute atomic E-state index is 5.13. The first kappa shape index (κ1) is 14.2. The molecule has 0 N–H and O–H groups in total. The molecule has 2 heterocycles. The van der Waals surface area contributed by atoms with E-state index in [2.05, 4.69) is 47.9 Å². The van der Waals surface area contributed by atoms with Gasteiger partial charge in [0.25, 0.3) is 0 Å². The summed E-state index contributed by atoms with van der Waals surface area (Å²) < 4.78 is 5.13. The molecular formula is C18H24N2O. The van der Waals surface area contributed by atoms with Crippen LogP contribution < -0.4 is 4.90 Å². The average Bonchev–Trinajstić information content (AvgIpc) is 2.99. The Bertz CT molecular complexity index is 549. The molecule has 0 bridgehead atoms. The van der Waals surface area contributed by atoms with Gasteiger partial charge in [0.2, 0.25) is 0 Å². The Balaban J connectivity index is 1.55. The van der Waals surface area contributed by atoms with E-state index < -0.39 is 0 Å². The van der Waals surface area contributed by atoms with E-state index in [1.807, 2.05) is 6.26 Å². The Kier molecular flexibility index (Phi) is 4.30. The molecule has 0 saturated carbocycles. The van der Waals surface area contributed by atoms with Crippen LogP contribution in [-0.2, 0) is 6.42 Å². The molecule has 0 unspecified atom stereocenters. The Hall–Kier alpha value is -1.74. The molecule has 3 heteroatoms. The highest BCUT2D eigenvalue weighted by Crippen LogP contribution is 2.25. The Morgan fingerprint density at radius 3 is 2.33 bits per heavy atom. The van der Waals surface area contributed by atoms with E-state index in [4.69, 9.17) is 4.42 Å². The largest absolute Gasteiger partial charge is 0.472 e. The van der Waals surface area contributed by atoms with E-state index in [0.717, 1.165) is 39.1 Å². The van der Waals surface area contributed by atoms with E-state index in [-0.39, 0.29) is 0 Å². The number of hydrogen-bond donors (Lipinski definition) is 0. The second-order valence-corrected chi connectivity index (χ2v) is 5.95. The third kappa shape index (κ3) is 3.30. The quantitative estimate of drug-likeness (QED) is 0.859. The molecule has 0 aliphatic carbocycles. The average molecular weight is 284 g/mol. The zero-order valence-corrected chi connectivity index (χ0v) is 13.0. The molecule has 1 aromatic heterocycles. The topological polar surface area (TPSA) is 19.6 Å². The molecule has 0 atom stereocenters. The van der Waals surface area contributed by atoms with Gasteiger partial charge in [-0.15, -0.1) is 0 Å². The zero-order chi connectivity index (χ0) is 14.7. The molecule has 112 valence electrons. The number of para-hydroxylation sites is 1. The summed E-state index contributed by atoms with van der Waals surface area (Å²) in [6.07, 6.45) is 4.70. The fourth-order valence-electron chi connectivity index (χ4n) is 3.22. The number of aryl methyl sites for hydroxylation is 2. The van der Waals surface area contributed by atoms with Crippen molar-refractivity contribution in [2.45, 2.75) is 20.3 Å². The smallest absolute Gasteiger partial charge is 0.0934 e. The van der Waals surface area contributed by atoms with Gasteiger partial charge in [-0.05, 0) is 43.0 Å². The van der Waals surface area contributed by atoms with Crippen LogP contribution in [0.3, 0.4) is 0 Å². The molecule has 0 spiro atoms. The summed E-state index contributed by atoms with van der Waals surface area (Å²) in [4.78, 5) is 5.09. The first-order valence-electron chi connectivity index (χ1n) is 7.78. The van der Waals surface area contributed by atoms with Crippen molar-refractivity contribution in [2.24, 2.45) is 0 Å². The Morgan fingerprint density at radius 1 is 1.00 bits per heavy atom. The molecule has 1 aliphatic heterocycles. The van der Waals surface area contributed by atoms with E-state index in [9.17, 15) is 0 Å². The lowest BCUT2D eigenvalue weighted by atomic mass is 10.1. The predicted molar refractivity (Wildman–Crippen MR) is 87.0 cm³/mol. The number of nitrogens with zero attached hydrogens (tertiary/aromatic N) is 2. The minimum Gasteiger partial charge on any atom is -0.472 e. The van der Waals surface area contributed by atoms with Crippen LogP contribution in [0.25, 0.3) is 0 Å². The van der Waals surface area contributed by atoms with Crippen molar-refractivity contribution in [3.8, 4) is 0 Å². The van der Waals surface area contributed by atoms with Crippen molar-refractivity contribution < 1.29 is 4.42 Å². The van der Waals surface area contributed by atoms with Gasteiger partial charge in [0, 0.05) is 38.4 Å². The van der Waals surface area contributed by atoms with Crippen LogP contribution in [0.2, 0.25) is 0 Å². The summed E-state index contributed by atoms with van der Waals surface area (Å²) in [6.45, 7) is 10.1. The highest BCUT2D eigenvalue weighted by molar-refractivity contribution is 5.59. The second-order valence-electron chi connectivity index (χ2n) is 5.95. The van der Waals surface area contributed by atoms with Crippen LogP contribution in [0.1, 0.15) is 16.7 Å². The van der Waals surface area contributed by atoms with E-state index in [1.54, 1.807) is 6.26 Å². The summed E-state index contributed by atoms with van der Waals surface area (Å²) in [5.74, 6) is 0. The maximum atomic E-state index is 5.13. The molecule has 1 aromatic carbocycles. The van der Waals surface area contributed by atoms with Crippen molar-refractivity contribution >= 4 is 5.69 Å². The van der Waals surface area contributed by atoms with E-state index >= 15 is 0 Å².